The summed E-state index contributed by atoms with van der Waals surface area (Å²) in [7, 11) is 0. The van der Waals surface area contributed by atoms with Crippen LogP contribution in [0.4, 0.5) is 10.1 Å². The Bertz CT molecular complexity index is 1240. The number of aryl methyl sites for hydroxylation is 1. The van der Waals surface area contributed by atoms with Crippen LogP contribution in [0.15, 0.2) is 77.7 Å². The molecule has 172 valence electrons. The number of carbonyl (C=O) groups excluding carboxylic acids is 4. The first-order valence-corrected chi connectivity index (χ1v) is 11.4. The van der Waals surface area contributed by atoms with Crippen molar-refractivity contribution in [3.05, 3.63) is 95.3 Å². The Balaban J connectivity index is 1.37. The molecule has 0 spiro atoms. The van der Waals surface area contributed by atoms with Gasteiger partial charge in [0.05, 0.1) is 16.5 Å². The van der Waals surface area contributed by atoms with Crippen LogP contribution in [0.2, 0.25) is 0 Å². The first kappa shape index (κ1) is 23.4. The van der Waals surface area contributed by atoms with Crippen LogP contribution in [0.5, 0.6) is 0 Å². The minimum Gasteiger partial charge on any atom is -0.454 e. The van der Waals surface area contributed by atoms with Gasteiger partial charge >= 0.3 is 5.97 Å². The third-order valence-corrected chi connectivity index (χ3v) is 6.46. The van der Waals surface area contributed by atoms with E-state index in [0.717, 1.165) is 27.5 Å². The quantitative estimate of drug-likeness (QED) is 0.281. The number of esters is 1. The Labute approximate surface area is 199 Å². The van der Waals surface area contributed by atoms with Gasteiger partial charge in [-0.1, -0.05) is 17.7 Å². The van der Waals surface area contributed by atoms with Crippen LogP contribution in [0.25, 0.3) is 0 Å². The van der Waals surface area contributed by atoms with Crippen molar-refractivity contribution in [3.63, 3.8) is 0 Å². The molecule has 3 aromatic carbocycles. The molecular weight excluding hydrogens is 457 g/mol. The van der Waals surface area contributed by atoms with Crippen LogP contribution in [-0.2, 0) is 14.3 Å². The van der Waals surface area contributed by atoms with E-state index in [4.69, 9.17) is 4.74 Å². The second kappa shape index (κ2) is 10.0. The minimum absolute atomic E-state index is 0.0899. The van der Waals surface area contributed by atoms with Crippen LogP contribution in [0, 0.1) is 12.7 Å². The van der Waals surface area contributed by atoms with Gasteiger partial charge in [0.25, 0.3) is 0 Å². The number of anilines is 1. The molecule has 8 heteroatoms. The summed E-state index contributed by atoms with van der Waals surface area (Å²) in [6, 6.07) is 18.5. The van der Waals surface area contributed by atoms with Crippen molar-refractivity contribution in [2.45, 2.75) is 23.5 Å². The van der Waals surface area contributed by atoms with Crippen molar-refractivity contribution in [3.8, 4) is 0 Å². The number of hydrogen-bond donors (Lipinski definition) is 0. The van der Waals surface area contributed by atoms with Crippen molar-refractivity contribution in [1.29, 1.82) is 0 Å². The van der Waals surface area contributed by atoms with Gasteiger partial charge in [-0.15, -0.1) is 11.8 Å². The zero-order valence-electron chi connectivity index (χ0n) is 18.2. The Hall–Kier alpha value is -3.78. The lowest BCUT2D eigenvalue weighted by Gasteiger charge is -2.15. The summed E-state index contributed by atoms with van der Waals surface area (Å²) in [5.74, 6) is -2.28. The number of ether oxygens (including phenoxy) is 1. The zero-order chi connectivity index (χ0) is 24.2. The van der Waals surface area contributed by atoms with Gasteiger partial charge in [-0.2, -0.15) is 0 Å². The summed E-state index contributed by atoms with van der Waals surface area (Å²) in [5, 5.41) is -0.516. The van der Waals surface area contributed by atoms with Crippen molar-refractivity contribution in [2.75, 3.05) is 11.5 Å². The molecule has 1 aliphatic rings. The average molecular weight is 478 g/mol. The molecule has 4 rings (SSSR count). The van der Waals surface area contributed by atoms with E-state index in [0.29, 0.717) is 5.69 Å². The van der Waals surface area contributed by atoms with Gasteiger partial charge < -0.3 is 4.74 Å². The van der Waals surface area contributed by atoms with Crippen LogP contribution in [0.3, 0.4) is 0 Å². The zero-order valence-corrected chi connectivity index (χ0v) is 19.0. The molecule has 1 atom stereocenters. The van der Waals surface area contributed by atoms with Crippen molar-refractivity contribution >= 4 is 41.0 Å². The van der Waals surface area contributed by atoms with Crippen molar-refractivity contribution in [2.24, 2.45) is 0 Å². The average Bonchev–Trinajstić information content (AvgIpc) is 3.11. The minimum atomic E-state index is -0.728. The molecule has 1 saturated heterocycles. The number of imide groups is 1. The molecule has 1 heterocycles. The highest BCUT2D eigenvalue weighted by atomic mass is 32.2. The molecule has 1 aliphatic heterocycles. The summed E-state index contributed by atoms with van der Waals surface area (Å²) in [5.41, 5.74) is 1.87. The number of Topliss-reactive ketones (excluding diaryl/α,β-unsaturated/α-hetero) is 1. The molecule has 0 aliphatic carbocycles. The summed E-state index contributed by atoms with van der Waals surface area (Å²) in [6.45, 7) is 1.48. The van der Waals surface area contributed by atoms with E-state index in [1.165, 1.54) is 48.2 Å². The fourth-order valence-electron chi connectivity index (χ4n) is 3.43. The van der Waals surface area contributed by atoms with Crippen LogP contribution < -0.4 is 4.90 Å². The second-order valence-corrected chi connectivity index (χ2v) is 9.02. The van der Waals surface area contributed by atoms with Gasteiger partial charge in [0.15, 0.2) is 12.4 Å². The van der Waals surface area contributed by atoms with E-state index >= 15 is 0 Å². The largest absolute Gasteiger partial charge is 0.454 e. The first-order chi connectivity index (χ1) is 16.3. The standard InChI is InChI=1S/C26H20FNO5S/c1-16-2-12-21(13-3-16)34-23-14-24(30)28(25(23)31)20-10-6-18(7-11-20)26(32)33-15-22(29)17-4-8-19(27)9-5-17/h2-13,23H,14-15H2,1H3. The Morgan fingerprint density at radius 2 is 1.56 bits per heavy atom. The maximum atomic E-state index is 13.0. The Morgan fingerprint density at radius 3 is 2.21 bits per heavy atom. The number of carbonyl (C=O) groups is 4. The van der Waals surface area contributed by atoms with E-state index in [2.05, 4.69) is 0 Å². The highest BCUT2D eigenvalue weighted by molar-refractivity contribution is 8.00. The molecule has 0 radical (unpaired) electrons. The van der Waals surface area contributed by atoms with Crippen LogP contribution >= 0.6 is 11.8 Å². The molecule has 1 unspecified atom stereocenters. The van der Waals surface area contributed by atoms with Gasteiger partial charge in [0, 0.05) is 16.9 Å². The summed E-state index contributed by atoms with van der Waals surface area (Å²) in [4.78, 5) is 51.8. The first-order valence-electron chi connectivity index (χ1n) is 10.5. The Morgan fingerprint density at radius 1 is 0.941 bits per heavy atom. The SMILES string of the molecule is Cc1ccc(SC2CC(=O)N(c3ccc(C(=O)OCC(=O)c4ccc(F)cc4)cc3)C2=O)cc1. The summed E-state index contributed by atoms with van der Waals surface area (Å²) in [6.07, 6.45) is 0.0899. The van der Waals surface area contributed by atoms with Gasteiger partial charge in [0.1, 0.15) is 5.82 Å². The molecule has 0 saturated carbocycles. The summed E-state index contributed by atoms with van der Waals surface area (Å²) >= 11 is 1.35. The molecular formula is C26H20FNO5S. The molecule has 6 nitrogen and oxygen atoms in total. The fraction of sp³-hybridized carbons (Fsp3) is 0.154. The molecule has 34 heavy (non-hydrogen) atoms. The number of ketones is 1. The van der Waals surface area contributed by atoms with E-state index in [1.54, 1.807) is 0 Å². The third kappa shape index (κ3) is 5.23. The summed E-state index contributed by atoms with van der Waals surface area (Å²) < 4.78 is 18.0. The lowest BCUT2D eigenvalue weighted by molar-refractivity contribution is -0.121. The van der Waals surface area contributed by atoms with E-state index in [1.807, 2.05) is 31.2 Å². The smallest absolute Gasteiger partial charge is 0.338 e. The highest BCUT2D eigenvalue weighted by Gasteiger charge is 2.40. The van der Waals surface area contributed by atoms with Crippen molar-refractivity contribution in [1.82, 2.24) is 0 Å². The maximum absolute atomic E-state index is 13.0. The van der Waals surface area contributed by atoms with Gasteiger partial charge in [-0.05, 0) is 67.6 Å². The van der Waals surface area contributed by atoms with E-state index in [-0.39, 0.29) is 29.4 Å². The lowest BCUT2D eigenvalue weighted by Crippen LogP contribution is -2.31. The third-order valence-electron chi connectivity index (χ3n) is 5.27. The number of hydrogen-bond acceptors (Lipinski definition) is 6. The Kier molecular flexibility index (Phi) is 6.88. The number of halogens is 1. The van der Waals surface area contributed by atoms with E-state index < -0.39 is 29.4 Å². The van der Waals surface area contributed by atoms with Gasteiger partial charge in [0.2, 0.25) is 11.8 Å². The van der Waals surface area contributed by atoms with Crippen LogP contribution in [-0.4, -0.2) is 35.4 Å². The second-order valence-electron chi connectivity index (χ2n) is 7.74. The van der Waals surface area contributed by atoms with Crippen LogP contribution in [0.1, 0.15) is 32.7 Å². The molecule has 0 N–H and O–H groups in total. The molecule has 3 aromatic rings. The van der Waals surface area contributed by atoms with Gasteiger partial charge in [-0.25, -0.2) is 14.1 Å². The predicted molar refractivity (Wildman–Crippen MR) is 125 cm³/mol. The number of rotatable bonds is 7. The normalized spacial score (nSPS) is 15.5. The monoisotopic (exact) mass is 477 g/mol. The predicted octanol–water partition coefficient (Wildman–Crippen LogP) is 4.60. The number of thioether (sulfide) groups is 1. The number of nitrogens with zero attached hydrogens (tertiary/aromatic N) is 1. The lowest BCUT2D eigenvalue weighted by atomic mass is 10.1. The van der Waals surface area contributed by atoms with Gasteiger partial charge in [-0.3, -0.25) is 14.4 Å². The maximum Gasteiger partial charge on any atom is 0.338 e. The van der Waals surface area contributed by atoms with Crippen molar-refractivity contribution < 1.29 is 28.3 Å². The number of amides is 2. The number of benzene rings is 3. The molecule has 0 bridgehead atoms. The highest BCUT2D eigenvalue weighted by Crippen LogP contribution is 2.34. The topological polar surface area (TPSA) is 80.8 Å². The molecule has 1 fully saturated rings. The van der Waals surface area contributed by atoms with E-state index in [9.17, 15) is 23.6 Å². The molecule has 2 amide bonds. The molecule has 0 aromatic heterocycles. The fourth-order valence-corrected chi connectivity index (χ4v) is 4.48.